The average Bonchev–Trinajstić information content (AvgIpc) is 3.24. The third-order valence-corrected chi connectivity index (χ3v) is 5.46. The fraction of sp³-hybridized carbons (Fsp3) is 0.300. The molecule has 0 saturated heterocycles. The molecule has 5 rings (SSSR count). The van der Waals surface area contributed by atoms with Gasteiger partial charge >= 0.3 is 0 Å². The van der Waals surface area contributed by atoms with Crippen LogP contribution in [-0.2, 0) is 0 Å². The fourth-order valence-corrected chi connectivity index (χ4v) is 4.07. The number of benzene rings is 1. The SMILES string of the molecule is Nc1ncnc2c1c(-c1cc3ccccc3o1)cn2C1CCC(N)CC1. The van der Waals surface area contributed by atoms with Crippen molar-refractivity contribution in [2.24, 2.45) is 5.73 Å². The van der Waals surface area contributed by atoms with Crippen molar-refractivity contribution < 1.29 is 4.42 Å². The van der Waals surface area contributed by atoms with Gasteiger partial charge in [-0.05, 0) is 37.8 Å². The highest BCUT2D eigenvalue weighted by molar-refractivity contribution is 6.01. The molecule has 26 heavy (non-hydrogen) atoms. The molecule has 0 unspecified atom stereocenters. The maximum Gasteiger partial charge on any atom is 0.146 e. The van der Waals surface area contributed by atoms with Crippen LogP contribution in [0.2, 0.25) is 0 Å². The van der Waals surface area contributed by atoms with Crippen LogP contribution in [0.3, 0.4) is 0 Å². The van der Waals surface area contributed by atoms with Gasteiger partial charge in [-0.25, -0.2) is 9.97 Å². The van der Waals surface area contributed by atoms with E-state index in [1.807, 2.05) is 24.3 Å². The maximum absolute atomic E-state index is 6.23. The van der Waals surface area contributed by atoms with Crippen molar-refractivity contribution in [3.8, 4) is 11.3 Å². The quantitative estimate of drug-likeness (QED) is 0.574. The molecule has 1 saturated carbocycles. The summed E-state index contributed by atoms with van der Waals surface area (Å²) in [5, 5.41) is 1.93. The van der Waals surface area contributed by atoms with Crippen LogP contribution >= 0.6 is 0 Å². The lowest BCUT2D eigenvalue weighted by Crippen LogP contribution is -2.27. The number of furan rings is 1. The molecule has 0 radical (unpaired) electrons. The number of hydrogen-bond acceptors (Lipinski definition) is 5. The van der Waals surface area contributed by atoms with Crippen molar-refractivity contribution in [2.75, 3.05) is 5.73 Å². The number of nitrogens with two attached hydrogens (primary N) is 2. The lowest BCUT2D eigenvalue weighted by atomic mass is 9.92. The number of nitrogen functional groups attached to an aromatic ring is 1. The highest BCUT2D eigenvalue weighted by Gasteiger charge is 2.25. The summed E-state index contributed by atoms with van der Waals surface area (Å²) >= 11 is 0. The van der Waals surface area contributed by atoms with Gasteiger partial charge in [0, 0.05) is 29.2 Å². The zero-order valence-corrected chi connectivity index (χ0v) is 14.4. The molecule has 132 valence electrons. The van der Waals surface area contributed by atoms with Crippen LogP contribution in [0, 0.1) is 0 Å². The second kappa shape index (κ2) is 5.85. The average molecular weight is 347 g/mol. The highest BCUT2D eigenvalue weighted by atomic mass is 16.3. The molecule has 0 bridgehead atoms. The fourth-order valence-electron chi connectivity index (χ4n) is 4.07. The van der Waals surface area contributed by atoms with Gasteiger partial charge in [0.15, 0.2) is 0 Å². The number of rotatable bonds is 2. The summed E-state index contributed by atoms with van der Waals surface area (Å²) in [5.74, 6) is 1.28. The van der Waals surface area contributed by atoms with E-state index in [1.165, 1.54) is 6.33 Å². The predicted octanol–water partition coefficient (Wildman–Crippen LogP) is 3.87. The summed E-state index contributed by atoms with van der Waals surface area (Å²) in [6.07, 6.45) is 7.82. The van der Waals surface area contributed by atoms with Gasteiger partial charge in [0.25, 0.3) is 0 Å². The van der Waals surface area contributed by atoms with Gasteiger partial charge in [-0.15, -0.1) is 0 Å². The van der Waals surface area contributed by atoms with E-state index in [1.54, 1.807) is 0 Å². The Bertz CT molecular complexity index is 1060. The highest BCUT2D eigenvalue weighted by Crippen LogP contribution is 2.39. The zero-order valence-electron chi connectivity index (χ0n) is 14.4. The van der Waals surface area contributed by atoms with Crippen LogP contribution in [0.4, 0.5) is 5.82 Å². The van der Waals surface area contributed by atoms with Crippen LogP contribution < -0.4 is 11.5 Å². The molecule has 1 fully saturated rings. The van der Waals surface area contributed by atoms with E-state index in [2.05, 4.69) is 26.8 Å². The molecule has 0 spiro atoms. The van der Waals surface area contributed by atoms with E-state index >= 15 is 0 Å². The van der Waals surface area contributed by atoms with Crippen molar-refractivity contribution in [2.45, 2.75) is 37.8 Å². The largest absolute Gasteiger partial charge is 0.456 e. The number of para-hydroxylation sites is 1. The summed E-state index contributed by atoms with van der Waals surface area (Å²) in [7, 11) is 0. The summed E-state index contributed by atoms with van der Waals surface area (Å²) in [6, 6.07) is 10.7. The number of fused-ring (bicyclic) bond motifs is 2. The Hall–Kier alpha value is -2.86. The summed E-state index contributed by atoms with van der Waals surface area (Å²) in [6.45, 7) is 0. The normalized spacial score (nSPS) is 20.8. The summed E-state index contributed by atoms with van der Waals surface area (Å²) < 4.78 is 8.33. The van der Waals surface area contributed by atoms with Crippen molar-refractivity contribution in [3.63, 3.8) is 0 Å². The molecular formula is C20H21N5O. The topological polar surface area (TPSA) is 95.9 Å². The molecule has 1 aliphatic rings. The number of hydrogen-bond donors (Lipinski definition) is 2. The standard InChI is InChI=1S/C20H21N5O/c21-13-5-7-14(8-6-13)25-10-15(18-19(22)23-11-24-20(18)25)17-9-12-3-1-2-4-16(12)26-17/h1-4,9-11,13-14H,5-8,21H2,(H2,22,23,24). The summed E-state index contributed by atoms with van der Waals surface area (Å²) in [4.78, 5) is 8.74. The van der Waals surface area contributed by atoms with E-state index in [-0.39, 0.29) is 0 Å². The monoisotopic (exact) mass is 347 g/mol. The minimum Gasteiger partial charge on any atom is -0.456 e. The van der Waals surface area contributed by atoms with Crippen LogP contribution in [0.5, 0.6) is 0 Å². The van der Waals surface area contributed by atoms with E-state index in [0.29, 0.717) is 17.9 Å². The molecule has 0 aliphatic heterocycles. The minimum absolute atomic E-state index is 0.308. The maximum atomic E-state index is 6.23. The molecule has 3 aromatic heterocycles. The Morgan fingerprint density at radius 3 is 2.69 bits per heavy atom. The van der Waals surface area contributed by atoms with Gasteiger partial charge in [0.2, 0.25) is 0 Å². The van der Waals surface area contributed by atoms with Crippen LogP contribution in [0.1, 0.15) is 31.7 Å². The lowest BCUT2D eigenvalue weighted by Gasteiger charge is -2.27. The Morgan fingerprint density at radius 1 is 1.08 bits per heavy atom. The molecular weight excluding hydrogens is 326 g/mol. The van der Waals surface area contributed by atoms with Crippen LogP contribution in [-0.4, -0.2) is 20.6 Å². The first-order valence-corrected chi connectivity index (χ1v) is 9.06. The van der Waals surface area contributed by atoms with Gasteiger partial charge in [-0.1, -0.05) is 18.2 Å². The second-order valence-electron chi connectivity index (χ2n) is 7.12. The number of anilines is 1. The van der Waals surface area contributed by atoms with Crippen LogP contribution in [0.15, 0.2) is 47.3 Å². The molecule has 4 aromatic rings. The number of nitrogens with zero attached hydrogens (tertiary/aromatic N) is 3. The summed E-state index contributed by atoms with van der Waals surface area (Å²) in [5.41, 5.74) is 15.0. The van der Waals surface area contributed by atoms with Crippen molar-refractivity contribution >= 4 is 27.8 Å². The van der Waals surface area contributed by atoms with Crippen LogP contribution in [0.25, 0.3) is 33.3 Å². The van der Waals surface area contributed by atoms with Gasteiger partial charge in [0.05, 0.1) is 5.39 Å². The Kier molecular flexibility index (Phi) is 3.46. The van der Waals surface area contributed by atoms with Crippen molar-refractivity contribution in [1.29, 1.82) is 0 Å². The van der Waals surface area contributed by atoms with E-state index in [9.17, 15) is 0 Å². The molecule has 0 atom stereocenters. The predicted molar refractivity (Wildman–Crippen MR) is 103 cm³/mol. The first-order chi connectivity index (χ1) is 12.7. The number of aromatic nitrogens is 3. The van der Waals surface area contributed by atoms with Gasteiger partial charge < -0.3 is 20.5 Å². The lowest BCUT2D eigenvalue weighted by molar-refractivity contribution is 0.329. The smallest absolute Gasteiger partial charge is 0.146 e. The molecule has 4 N–H and O–H groups in total. The first kappa shape index (κ1) is 15.4. The first-order valence-electron chi connectivity index (χ1n) is 9.06. The third kappa shape index (κ3) is 2.37. The van der Waals surface area contributed by atoms with E-state index in [4.69, 9.17) is 15.9 Å². The Balaban J connectivity index is 1.70. The molecule has 1 aromatic carbocycles. The van der Waals surface area contributed by atoms with Crippen molar-refractivity contribution in [1.82, 2.24) is 14.5 Å². The molecule has 6 nitrogen and oxygen atoms in total. The van der Waals surface area contributed by atoms with Gasteiger partial charge in [-0.2, -0.15) is 0 Å². The molecule has 6 heteroatoms. The van der Waals surface area contributed by atoms with Gasteiger partial charge in [-0.3, -0.25) is 0 Å². The van der Waals surface area contributed by atoms with E-state index < -0.39 is 0 Å². The molecule has 1 aliphatic carbocycles. The van der Waals surface area contributed by atoms with E-state index in [0.717, 1.165) is 59.0 Å². The molecule has 0 amide bonds. The minimum atomic E-state index is 0.308. The molecule has 3 heterocycles. The van der Waals surface area contributed by atoms with Gasteiger partial charge in [0.1, 0.15) is 29.1 Å². The Morgan fingerprint density at radius 2 is 1.88 bits per heavy atom. The third-order valence-electron chi connectivity index (χ3n) is 5.46. The second-order valence-corrected chi connectivity index (χ2v) is 7.12. The zero-order chi connectivity index (χ0) is 17.7. The van der Waals surface area contributed by atoms with Crippen molar-refractivity contribution in [3.05, 3.63) is 42.9 Å². The Labute approximate surface area is 150 Å².